The number of Topliss-reactive ketones (excluding diaryl/α,β-unsaturated/α-hetero) is 1. The number of rotatable bonds is 1. The second-order valence-corrected chi connectivity index (χ2v) is 5.63. The summed E-state index contributed by atoms with van der Waals surface area (Å²) in [5.41, 5.74) is -0.945. The molecule has 1 atom stereocenters. The number of carbonyl (C=O) groups is 2. The molecule has 1 unspecified atom stereocenters. The zero-order valence-electron chi connectivity index (χ0n) is 11.4. The summed E-state index contributed by atoms with van der Waals surface area (Å²) < 4.78 is 38.2. The zero-order valence-corrected chi connectivity index (χ0v) is 12.2. The number of hydrogen-bond donors (Lipinski definition) is 1. The molecule has 0 aromatic heterocycles. The van der Waals surface area contributed by atoms with E-state index in [-0.39, 0.29) is 16.8 Å². The first-order valence-corrected chi connectivity index (χ1v) is 6.94. The molecular formula is C16H9ClF3NO2. The quantitative estimate of drug-likeness (QED) is 0.631. The molecular weight excluding hydrogens is 331 g/mol. The Morgan fingerprint density at radius 2 is 1.65 bits per heavy atom. The molecule has 118 valence electrons. The van der Waals surface area contributed by atoms with E-state index in [1.54, 1.807) is 18.2 Å². The van der Waals surface area contributed by atoms with Crippen LogP contribution < -0.4 is 5.32 Å². The third-order valence-corrected chi connectivity index (χ3v) is 4.20. The molecule has 0 saturated heterocycles. The van der Waals surface area contributed by atoms with Gasteiger partial charge in [-0.2, -0.15) is 13.2 Å². The SMILES string of the molecule is O=C1Nc2cc(C(F)(F)F)ccc2C(=O)C1(Cl)c1ccccc1. The Morgan fingerprint density at radius 3 is 2.26 bits per heavy atom. The number of amides is 1. The van der Waals surface area contributed by atoms with E-state index in [2.05, 4.69) is 5.32 Å². The number of alkyl halides is 4. The van der Waals surface area contributed by atoms with Gasteiger partial charge in [-0.25, -0.2) is 0 Å². The maximum absolute atomic E-state index is 12.7. The molecule has 2 aromatic carbocycles. The van der Waals surface area contributed by atoms with Gasteiger partial charge in [-0.15, -0.1) is 0 Å². The van der Waals surface area contributed by atoms with Crippen molar-refractivity contribution in [1.82, 2.24) is 0 Å². The highest BCUT2D eigenvalue weighted by Gasteiger charge is 2.50. The van der Waals surface area contributed by atoms with Crippen molar-refractivity contribution in [2.45, 2.75) is 11.1 Å². The van der Waals surface area contributed by atoms with Gasteiger partial charge >= 0.3 is 6.18 Å². The number of benzene rings is 2. The summed E-state index contributed by atoms with van der Waals surface area (Å²) in [6.45, 7) is 0. The molecule has 2 aromatic rings. The molecule has 3 rings (SSSR count). The molecule has 0 spiro atoms. The fraction of sp³-hybridized carbons (Fsp3) is 0.125. The normalized spacial score (nSPS) is 20.9. The Kier molecular flexibility index (Phi) is 3.44. The maximum atomic E-state index is 12.7. The minimum atomic E-state index is -4.57. The number of halogens is 4. The van der Waals surface area contributed by atoms with Crippen molar-refractivity contribution in [3.8, 4) is 0 Å². The van der Waals surface area contributed by atoms with Gasteiger partial charge in [0.2, 0.25) is 4.87 Å². The number of fused-ring (bicyclic) bond motifs is 1. The molecule has 1 aliphatic heterocycles. The Balaban J connectivity index is 2.12. The van der Waals surface area contributed by atoms with E-state index < -0.39 is 28.3 Å². The highest BCUT2D eigenvalue weighted by molar-refractivity contribution is 6.51. The van der Waals surface area contributed by atoms with Crippen LogP contribution in [0.2, 0.25) is 0 Å². The molecule has 1 heterocycles. The average Bonchev–Trinajstić information content (AvgIpc) is 2.52. The van der Waals surface area contributed by atoms with Crippen LogP contribution in [0, 0.1) is 0 Å². The summed E-state index contributed by atoms with van der Waals surface area (Å²) in [5.74, 6) is -1.62. The molecule has 7 heteroatoms. The summed E-state index contributed by atoms with van der Waals surface area (Å²) in [6.07, 6.45) is -4.57. The predicted octanol–water partition coefficient (Wildman–Crippen LogP) is 3.97. The number of nitrogens with one attached hydrogen (secondary N) is 1. The van der Waals surface area contributed by atoms with Gasteiger partial charge in [0.05, 0.1) is 11.3 Å². The standard InChI is InChI=1S/C16H9ClF3NO2/c17-15(9-4-2-1-3-5-9)13(22)11-7-6-10(16(18,19)20)8-12(11)21-14(15)23/h1-8H,(H,21,23). The highest BCUT2D eigenvalue weighted by atomic mass is 35.5. The van der Waals surface area contributed by atoms with E-state index in [1.807, 2.05) is 0 Å². The Hall–Kier alpha value is -2.34. The van der Waals surface area contributed by atoms with Gasteiger partial charge in [0, 0.05) is 5.56 Å². The fourth-order valence-electron chi connectivity index (χ4n) is 2.45. The maximum Gasteiger partial charge on any atom is 0.416 e. The largest absolute Gasteiger partial charge is 0.416 e. The second kappa shape index (κ2) is 5.09. The van der Waals surface area contributed by atoms with Crippen LogP contribution in [0.25, 0.3) is 0 Å². The fourth-order valence-corrected chi connectivity index (χ4v) is 2.72. The van der Waals surface area contributed by atoms with Crippen LogP contribution in [0.3, 0.4) is 0 Å². The lowest BCUT2D eigenvalue weighted by atomic mass is 9.85. The molecule has 0 aliphatic carbocycles. The van der Waals surface area contributed by atoms with Crippen molar-refractivity contribution in [2.24, 2.45) is 0 Å². The van der Waals surface area contributed by atoms with Crippen molar-refractivity contribution in [3.05, 3.63) is 65.2 Å². The third-order valence-electron chi connectivity index (χ3n) is 3.64. The average molecular weight is 340 g/mol. The summed E-state index contributed by atoms with van der Waals surface area (Å²) >= 11 is 6.28. The first-order chi connectivity index (χ1) is 10.7. The number of hydrogen-bond acceptors (Lipinski definition) is 2. The first kappa shape index (κ1) is 15.6. The van der Waals surface area contributed by atoms with Crippen LogP contribution in [0.4, 0.5) is 18.9 Å². The highest BCUT2D eigenvalue weighted by Crippen LogP contribution is 2.41. The van der Waals surface area contributed by atoms with Crippen molar-refractivity contribution in [2.75, 3.05) is 5.32 Å². The van der Waals surface area contributed by atoms with Crippen LogP contribution in [-0.4, -0.2) is 11.7 Å². The van der Waals surface area contributed by atoms with Crippen LogP contribution in [0.1, 0.15) is 21.5 Å². The lowest BCUT2D eigenvalue weighted by Crippen LogP contribution is -2.46. The van der Waals surface area contributed by atoms with E-state index in [1.165, 1.54) is 12.1 Å². The molecule has 3 nitrogen and oxygen atoms in total. The molecule has 23 heavy (non-hydrogen) atoms. The van der Waals surface area contributed by atoms with Gasteiger partial charge in [0.25, 0.3) is 5.91 Å². The minimum Gasteiger partial charge on any atom is -0.323 e. The van der Waals surface area contributed by atoms with Gasteiger partial charge in [0.1, 0.15) is 0 Å². The number of anilines is 1. The van der Waals surface area contributed by atoms with Gasteiger partial charge < -0.3 is 5.32 Å². The van der Waals surface area contributed by atoms with Crippen LogP contribution in [0.5, 0.6) is 0 Å². The van der Waals surface area contributed by atoms with Crippen molar-refractivity contribution in [3.63, 3.8) is 0 Å². The summed E-state index contributed by atoms with van der Waals surface area (Å²) in [6, 6.07) is 10.5. The minimum absolute atomic E-state index is 0.0588. The van der Waals surface area contributed by atoms with Crippen molar-refractivity contribution < 1.29 is 22.8 Å². The Labute approximate surface area is 134 Å². The summed E-state index contributed by atoms with van der Waals surface area (Å²) in [4.78, 5) is 22.9. The van der Waals surface area contributed by atoms with E-state index in [4.69, 9.17) is 11.6 Å². The zero-order chi connectivity index (χ0) is 16.8. The van der Waals surface area contributed by atoms with Crippen molar-refractivity contribution in [1.29, 1.82) is 0 Å². The Bertz CT molecular complexity index is 805. The van der Waals surface area contributed by atoms with Crippen molar-refractivity contribution >= 4 is 29.0 Å². The summed E-state index contributed by atoms with van der Waals surface area (Å²) in [5, 5.41) is 2.30. The molecule has 1 amide bonds. The summed E-state index contributed by atoms with van der Waals surface area (Å²) in [7, 11) is 0. The topological polar surface area (TPSA) is 46.2 Å². The first-order valence-electron chi connectivity index (χ1n) is 6.56. The number of ketones is 1. The van der Waals surface area contributed by atoms with Crippen LogP contribution >= 0.6 is 11.6 Å². The lowest BCUT2D eigenvalue weighted by Gasteiger charge is -2.31. The third kappa shape index (κ3) is 2.39. The monoisotopic (exact) mass is 339 g/mol. The van der Waals surface area contributed by atoms with Gasteiger partial charge in [0.15, 0.2) is 5.78 Å². The van der Waals surface area contributed by atoms with E-state index >= 15 is 0 Å². The van der Waals surface area contributed by atoms with Crippen LogP contribution in [-0.2, 0) is 15.8 Å². The van der Waals surface area contributed by atoms with Gasteiger partial charge in [-0.1, -0.05) is 41.9 Å². The lowest BCUT2D eigenvalue weighted by molar-refractivity contribution is -0.137. The number of carbonyl (C=O) groups excluding carboxylic acids is 2. The molecule has 0 radical (unpaired) electrons. The molecule has 1 aliphatic rings. The molecule has 0 saturated carbocycles. The van der Waals surface area contributed by atoms with E-state index in [0.29, 0.717) is 0 Å². The van der Waals surface area contributed by atoms with E-state index in [0.717, 1.165) is 18.2 Å². The van der Waals surface area contributed by atoms with Gasteiger partial charge in [-0.05, 0) is 23.8 Å². The second-order valence-electron chi connectivity index (χ2n) is 5.07. The smallest absolute Gasteiger partial charge is 0.323 e. The van der Waals surface area contributed by atoms with Gasteiger partial charge in [-0.3, -0.25) is 9.59 Å². The van der Waals surface area contributed by atoms with Crippen LogP contribution in [0.15, 0.2) is 48.5 Å². The molecule has 0 fully saturated rings. The Morgan fingerprint density at radius 1 is 1.00 bits per heavy atom. The molecule has 1 N–H and O–H groups in total. The van der Waals surface area contributed by atoms with E-state index in [9.17, 15) is 22.8 Å². The molecule has 0 bridgehead atoms. The predicted molar refractivity (Wildman–Crippen MR) is 78.4 cm³/mol.